The second-order valence-corrected chi connectivity index (χ2v) is 9.26. The van der Waals surface area contributed by atoms with E-state index in [4.69, 9.17) is 21.4 Å². The van der Waals surface area contributed by atoms with Crippen LogP contribution in [0.2, 0.25) is 5.02 Å². The maximum Gasteiger partial charge on any atom is 0.416 e. The molecule has 4 rings (SSSR count). The molecule has 178 valence electrons. The van der Waals surface area contributed by atoms with Gasteiger partial charge in [-0.25, -0.2) is 9.18 Å². The Labute approximate surface area is 194 Å². The summed E-state index contributed by atoms with van der Waals surface area (Å²) in [6.45, 7) is 2.16. The van der Waals surface area contributed by atoms with Crippen LogP contribution in [0.5, 0.6) is 5.75 Å². The number of halogens is 5. The number of alkyl halides is 3. The Bertz CT molecular complexity index is 1030. The Morgan fingerprint density at radius 2 is 1.79 bits per heavy atom. The molecule has 33 heavy (non-hydrogen) atoms. The lowest BCUT2D eigenvalue weighted by atomic mass is 9.97. The smallest absolute Gasteiger partial charge is 0.416 e. The molecular formula is C24H24ClF4NO3. The van der Waals surface area contributed by atoms with Crippen molar-refractivity contribution in [1.29, 1.82) is 0 Å². The summed E-state index contributed by atoms with van der Waals surface area (Å²) >= 11 is 5.88. The summed E-state index contributed by atoms with van der Waals surface area (Å²) in [5.74, 6) is -1.27. The average molecular weight is 486 g/mol. The van der Waals surface area contributed by atoms with Crippen molar-refractivity contribution >= 4 is 17.6 Å². The third kappa shape index (κ3) is 5.98. The number of rotatable bonds is 7. The van der Waals surface area contributed by atoms with E-state index in [2.05, 4.69) is 4.90 Å². The minimum absolute atomic E-state index is 0.0655. The number of piperidine rings is 1. The Morgan fingerprint density at radius 1 is 1.09 bits per heavy atom. The monoisotopic (exact) mass is 485 g/mol. The number of hydrogen-bond donors (Lipinski definition) is 1. The number of hydrogen-bond acceptors (Lipinski definition) is 3. The zero-order valence-corrected chi connectivity index (χ0v) is 18.6. The minimum atomic E-state index is -4.44. The molecule has 2 aliphatic rings. The van der Waals surface area contributed by atoms with Crippen LogP contribution >= 0.6 is 11.6 Å². The van der Waals surface area contributed by atoms with Crippen molar-refractivity contribution in [3.8, 4) is 5.75 Å². The van der Waals surface area contributed by atoms with Gasteiger partial charge in [0.1, 0.15) is 11.6 Å². The highest BCUT2D eigenvalue weighted by molar-refractivity contribution is 6.30. The van der Waals surface area contributed by atoms with E-state index in [-0.39, 0.29) is 22.4 Å². The van der Waals surface area contributed by atoms with E-state index in [1.807, 2.05) is 0 Å². The molecule has 1 aliphatic heterocycles. The number of likely N-dealkylation sites (tertiary alicyclic amines) is 1. The highest BCUT2D eigenvalue weighted by Gasteiger charge is 2.32. The topological polar surface area (TPSA) is 49.8 Å². The summed E-state index contributed by atoms with van der Waals surface area (Å²) in [5, 5.41) is 9.23. The number of nitrogens with zero attached hydrogens (tertiary/aromatic N) is 1. The Hall–Kier alpha value is -2.32. The van der Waals surface area contributed by atoms with E-state index in [1.54, 1.807) is 6.07 Å². The number of aromatic carboxylic acids is 1. The first-order valence-electron chi connectivity index (χ1n) is 10.9. The summed E-state index contributed by atoms with van der Waals surface area (Å²) in [7, 11) is 0. The van der Waals surface area contributed by atoms with Gasteiger partial charge in [-0.15, -0.1) is 0 Å². The third-order valence-corrected chi connectivity index (χ3v) is 6.44. The first kappa shape index (κ1) is 23.8. The van der Waals surface area contributed by atoms with Gasteiger partial charge in [0.25, 0.3) is 0 Å². The third-order valence-electron chi connectivity index (χ3n) is 6.22. The lowest BCUT2D eigenvalue weighted by molar-refractivity contribution is -0.137. The molecule has 0 amide bonds. The Kier molecular flexibility index (Phi) is 6.86. The number of carboxylic acid groups (broad SMARTS) is 1. The molecule has 1 N–H and O–H groups in total. The fourth-order valence-electron chi connectivity index (χ4n) is 4.26. The second-order valence-electron chi connectivity index (χ2n) is 8.83. The first-order valence-corrected chi connectivity index (χ1v) is 11.3. The number of carbonyl (C=O) groups is 1. The minimum Gasteiger partial charge on any atom is -0.493 e. The summed E-state index contributed by atoms with van der Waals surface area (Å²) in [4.78, 5) is 13.3. The molecule has 1 aliphatic carbocycles. The van der Waals surface area contributed by atoms with Crippen LogP contribution in [0.4, 0.5) is 17.6 Å². The van der Waals surface area contributed by atoms with E-state index in [1.165, 1.54) is 12.1 Å². The predicted octanol–water partition coefficient (Wildman–Crippen LogP) is 6.36. The van der Waals surface area contributed by atoms with Crippen molar-refractivity contribution in [2.45, 2.75) is 44.3 Å². The van der Waals surface area contributed by atoms with Crippen LogP contribution < -0.4 is 4.74 Å². The summed E-state index contributed by atoms with van der Waals surface area (Å²) in [6.07, 6.45) is -0.994. The molecule has 0 aromatic heterocycles. The summed E-state index contributed by atoms with van der Waals surface area (Å²) < 4.78 is 59.2. The van der Waals surface area contributed by atoms with Crippen LogP contribution in [0.25, 0.3) is 0 Å². The zero-order valence-electron chi connectivity index (χ0n) is 17.8. The van der Waals surface area contributed by atoms with Gasteiger partial charge in [0.15, 0.2) is 0 Å². The normalized spacial score (nSPS) is 17.8. The number of carboxylic acids is 1. The molecule has 1 saturated heterocycles. The first-order chi connectivity index (χ1) is 15.6. The van der Waals surface area contributed by atoms with Crippen LogP contribution in [-0.4, -0.2) is 35.7 Å². The van der Waals surface area contributed by atoms with Gasteiger partial charge >= 0.3 is 12.1 Å². The van der Waals surface area contributed by atoms with E-state index >= 15 is 0 Å². The second kappa shape index (κ2) is 9.50. The van der Waals surface area contributed by atoms with Crippen molar-refractivity contribution in [2.75, 3.05) is 19.7 Å². The van der Waals surface area contributed by atoms with Crippen molar-refractivity contribution in [3.63, 3.8) is 0 Å². The standard InChI is InChI=1S/C24H24ClF4NO3/c25-18-8-15(7-17(9-18)24(27,28)29)12-30-5-3-14(4-6-30)13-33-22-11-21(26)20(23(31)32)10-19(22)16-1-2-16/h7-11,14,16H,1-6,12-13H2,(H,31,32). The van der Waals surface area contributed by atoms with E-state index < -0.39 is 23.5 Å². The van der Waals surface area contributed by atoms with Crippen LogP contribution in [0.15, 0.2) is 30.3 Å². The van der Waals surface area contributed by atoms with Crippen molar-refractivity contribution in [1.82, 2.24) is 4.90 Å². The summed E-state index contributed by atoms with van der Waals surface area (Å²) in [5.41, 5.74) is 0.174. The SMILES string of the molecule is O=C(O)c1cc(C2CC2)c(OCC2CCN(Cc3cc(Cl)cc(C(F)(F)F)c3)CC2)cc1F. The largest absolute Gasteiger partial charge is 0.493 e. The maximum atomic E-state index is 14.2. The van der Waals surface area contributed by atoms with Crippen LogP contribution in [-0.2, 0) is 12.7 Å². The van der Waals surface area contributed by atoms with Crippen LogP contribution in [0.3, 0.4) is 0 Å². The van der Waals surface area contributed by atoms with Gasteiger partial charge in [-0.05, 0) is 86.0 Å². The molecule has 0 radical (unpaired) electrons. The van der Waals surface area contributed by atoms with Gasteiger partial charge < -0.3 is 9.84 Å². The Morgan fingerprint density at radius 3 is 2.39 bits per heavy atom. The molecule has 0 atom stereocenters. The molecule has 4 nitrogen and oxygen atoms in total. The number of benzene rings is 2. The van der Waals surface area contributed by atoms with E-state index in [9.17, 15) is 22.4 Å². The van der Waals surface area contributed by atoms with E-state index in [0.29, 0.717) is 37.6 Å². The zero-order chi connectivity index (χ0) is 23.8. The van der Waals surface area contributed by atoms with Gasteiger partial charge in [-0.1, -0.05) is 11.6 Å². The predicted molar refractivity (Wildman–Crippen MR) is 115 cm³/mol. The average Bonchev–Trinajstić information content (AvgIpc) is 3.57. The molecule has 1 saturated carbocycles. The van der Waals surface area contributed by atoms with Crippen molar-refractivity contribution in [2.24, 2.45) is 5.92 Å². The highest BCUT2D eigenvalue weighted by atomic mass is 35.5. The van der Waals surface area contributed by atoms with Crippen molar-refractivity contribution < 1.29 is 32.2 Å². The molecular weight excluding hydrogens is 462 g/mol. The molecule has 1 heterocycles. The molecule has 9 heteroatoms. The van der Waals surface area contributed by atoms with Gasteiger partial charge in [0.05, 0.1) is 17.7 Å². The quantitative estimate of drug-likeness (QED) is 0.463. The Balaban J connectivity index is 1.33. The van der Waals surface area contributed by atoms with Crippen LogP contribution in [0, 0.1) is 11.7 Å². The molecule has 2 aromatic carbocycles. The van der Waals surface area contributed by atoms with Gasteiger partial charge in [-0.2, -0.15) is 13.2 Å². The van der Waals surface area contributed by atoms with Gasteiger partial charge in [0, 0.05) is 17.6 Å². The lowest BCUT2D eigenvalue weighted by Gasteiger charge is -2.32. The lowest BCUT2D eigenvalue weighted by Crippen LogP contribution is -2.35. The molecule has 0 unspecified atom stereocenters. The van der Waals surface area contributed by atoms with Crippen molar-refractivity contribution in [3.05, 3.63) is 63.4 Å². The fraction of sp³-hybridized carbons (Fsp3) is 0.458. The molecule has 2 fully saturated rings. The molecule has 0 bridgehead atoms. The van der Waals surface area contributed by atoms with Crippen LogP contribution in [0.1, 0.15) is 58.6 Å². The summed E-state index contributed by atoms with van der Waals surface area (Å²) in [6, 6.07) is 6.17. The van der Waals surface area contributed by atoms with E-state index in [0.717, 1.165) is 43.4 Å². The molecule has 0 spiro atoms. The highest BCUT2D eigenvalue weighted by Crippen LogP contribution is 2.45. The fourth-order valence-corrected chi connectivity index (χ4v) is 4.51. The molecule has 2 aromatic rings. The van der Waals surface area contributed by atoms with Gasteiger partial charge in [-0.3, -0.25) is 4.90 Å². The van der Waals surface area contributed by atoms with Gasteiger partial charge in [0.2, 0.25) is 0 Å². The maximum absolute atomic E-state index is 14.2. The number of ether oxygens (including phenoxy) is 1.